The van der Waals surface area contributed by atoms with E-state index in [0.29, 0.717) is 6.61 Å². The highest BCUT2D eigenvalue weighted by Crippen LogP contribution is 2.37. The smallest absolute Gasteiger partial charge is 0.303 e. The molecule has 1 unspecified atom stereocenters. The van der Waals surface area contributed by atoms with Gasteiger partial charge in [0, 0.05) is 0 Å². The lowest BCUT2D eigenvalue weighted by Gasteiger charge is -2.11. The van der Waals surface area contributed by atoms with E-state index >= 15 is 0 Å². The van der Waals surface area contributed by atoms with Gasteiger partial charge in [-0.3, -0.25) is 4.52 Å². The first-order valence-electron chi connectivity index (χ1n) is 9.94. The maximum Gasteiger partial charge on any atom is 0.469 e. The van der Waals surface area contributed by atoms with Gasteiger partial charge in [0.25, 0.3) is 0 Å². The number of phosphoric acid groups is 1. The quantitative estimate of drug-likeness (QED) is 0.116. The fourth-order valence-corrected chi connectivity index (χ4v) is 3.00. The van der Waals surface area contributed by atoms with Crippen LogP contribution in [-0.4, -0.2) is 29.1 Å². The van der Waals surface area contributed by atoms with Crippen molar-refractivity contribution in [2.24, 2.45) is 0 Å². The van der Waals surface area contributed by atoms with Crippen LogP contribution in [0.2, 0.25) is 0 Å². The highest BCUT2D eigenvalue weighted by molar-refractivity contribution is 7.46. The molecule has 27 heavy (non-hydrogen) atoms. The Bertz CT molecular complexity index is 351. The maximum atomic E-state index is 10.5. The zero-order valence-electron chi connectivity index (χ0n) is 16.7. The van der Waals surface area contributed by atoms with Crippen LogP contribution in [0.3, 0.4) is 0 Å². The molecule has 0 aromatic heterocycles. The lowest BCUT2D eigenvalue weighted by Crippen LogP contribution is -2.15. The summed E-state index contributed by atoms with van der Waals surface area (Å²) in [7, 11) is -4.55. The summed E-state index contributed by atoms with van der Waals surface area (Å²) in [6.07, 6.45) is 14.2. The largest absolute Gasteiger partial charge is 0.469 e. The van der Waals surface area contributed by atoms with Crippen LogP contribution in [-0.2, 0) is 34.0 Å². The van der Waals surface area contributed by atoms with Gasteiger partial charge >= 0.3 is 7.82 Å². The van der Waals surface area contributed by atoms with Gasteiger partial charge in [-0.2, -0.15) is 0 Å². The Morgan fingerprint density at radius 3 is 1.74 bits per heavy atom. The van der Waals surface area contributed by atoms with Gasteiger partial charge in [-0.25, -0.2) is 14.3 Å². The Balaban J connectivity index is 3.12. The van der Waals surface area contributed by atoms with Crippen molar-refractivity contribution in [2.45, 2.75) is 97.0 Å². The standard InChI is InChI=1S/C17H37O9P/c1-3-4-5-6-7-8-9-10-11-12-13-14-15-21-24-26-25-22-16-17(2)23-27(18,19)20/h17H,3-16H2,1-2H3,(H2,18,19,20). The molecule has 0 saturated carbocycles. The van der Waals surface area contributed by atoms with Gasteiger partial charge in [0.05, 0.1) is 12.7 Å². The van der Waals surface area contributed by atoms with Crippen molar-refractivity contribution in [1.29, 1.82) is 0 Å². The van der Waals surface area contributed by atoms with Gasteiger partial charge in [-0.05, 0) is 28.5 Å². The first kappa shape index (κ1) is 26.9. The van der Waals surface area contributed by atoms with Crippen molar-refractivity contribution in [2.75, 3.05) is 13.2 Å². The number of unbranched alkanes of at least 4 members (excludes halogenated alkanes) is 11. The van der Waals surface area contributed by atoms with E-state index in [4.69, 9.17) is 14.7 Å². The van der Waals surface area contributed by atoms with Crippen LogP contribution < -0.4 is 0 Å². The Labute approximate surface area is 162 Å². The predicted molar refractivity (Wildman–Crippen MR) is 98.8 cm³/mol. The molecule has 0 spiro atoms. The zero-order valence-corrected chi connectivity index (χ0v) is 17.6. The second-order valence-corrected chi connectivity index (χ2v) is 7.80. The third-order valence-electron chi connectivity index (χ3n) is 3.85. The summed E-state index contributed by atoms with van der Waals surface area (Å²) in [4.78, 5) is 26.3. The molecule has 0 aliphatic rings. The third-order valence-corrected chi connectivity index (χ3v) is 4.49. The second-order valence-electron chi connectivity index (χ2n) is 6.61. The minimum Gasteiger partial charge on any atom is -0.303 e. The number of hydrogen-bond acceptors (Lipinski definition) is 7. The second kappa shape index (κ2) is 19.2. The molecule has 2 N–H and O–H groups in total. The normalized spacial score (nSPS) is 13.2. The summed E-state index contributed by atoms with van der Waals surface area (Å²) >= 11 is 0. The number of rotatable bonds is 21. The molecular formula is C17H37O9P. The van der Waals surface area contributed by atoms with E-state index in [1.807, 2.05) is 0 Å². The fraction of sp³-hybridized carbons (Fsp3) is 1.00. The van der Waals surface area contributed by atoms with Crippen molar-refractivity contribution in [3.05, 3.63) is 0 Å². The molecule has 0 fully saturated rings. The van der Waals surface area contributed by atoms with Gasteiger partial charge in [0.15, 0.2) is 0 Å². The van der Waals surface area contributed by atoms with Crippen LogP contribution in [0.5, 0.6) is 0 Å². The lowest BCUT2D eigenvalue weighted by molar-refractivity contribution is -0.709. The van der Waals surface area contributed by atoms with Crippen LogP contribution in [0.25, 0.3) is 0 Å². The first-order valence-corrected chi connectivity index (χ1v) is 11.5. The summed E-state index contributed by atoms with van der Waals surface area (Å²) < 4.78 is 14.8. The van der Waals surface area contributed by atoms with E-state index in [1.165, 1.54) is 71.1 Å². The third kappa shape index (κ3) is 23.9. The van der Waals surface area contributed by atoms with Crippen LogP contribution in [0.4, 0.5) is 0 Å². The monoisotopic (exact) mass is 416 g/mol. The first-order chi connectivity index (χ1) is 13.0. The van der Waals surface area contributed by atoms with E-state index in [9.17, 15) is 4.57 Å². The maximum absolute atomic E-state index is 10.5. The van der Waals surface area contributed by atoms with Crippen molar-refractivity contribution in [1.82, 2.24) is 0 Å². The topological polar surface area (TPSA) is 113 Å². The Morgan fingerprint density at radius 2 is 1.22 bits per heavy atom. The molecule has 0 bridgehead atoms. The summed E-state index contributed by atoms with van der Waals surface area (Å²) in [5.74, 6) is 0. The summed E-state index contributed by atoms with van der Waals surface area (Å²) in [5.41, 5.74) is 0. The van der Waals surface area contributed by atoms with Crippen LogP contribution in [0.1, 0.15) is 90.9 Å². The van der Waals surface area contributed by atoms with Gasteiger partial charge in [0.2, 0.25) is 0 Å². The van der Waals surface area contributed by atoms with E-state index in [2.05, 4.69) is 31.4 Å². The molecule has 0 aromatic carbocycles. The fourth-order valence-electron chi connectivity index (χ4n) is 2.48. The molecule has 0 saturated heterocycles. The Hall–Kier alpha value is -0.0900. The van der Waals surface area contributed by atoms with Gasteiger partial charge in [-0.1, -0.05) is 77.6 Å². The average Bonchev–Trinajstić information content (AvgIpc) is 2.59. The van der Waals surface area contributed by atoms with Crippen LogP contribution in [0.15, 0.2) is 0 Å². The molecular weight excluding hydrogens is 379 g/mol. The summed E-state index contributed by atoms with van der Waals surface area (Å²) in [6.45, 7) is 3.75. The van der Waals surface area contributed by atoms with E-state index in [-0.39, 0.29) is 6.61 Å². The van der Waals surface area contributed by atoms with Gasteiger partial charge < -0.3 is 9.79 Å². The predicted octanol–water partition coefficient (Wildman–Crippen LogP) is 4.93. The molecule has 0 aromatic rings. The van der Waals surface area contributed by atoms with E-state index < -0.39 is 13.9 Å². The van der Waals surface area contributed by atoms with Gasteiger partial charge in [-0.15, -0.1) is 0 Å². The SMILES string of the molecule is CCCCCCCCCCCCCCOOOOOCC(C)OP(=O)(O)O. The van der Waals surface area contributed by atoms with Crippen molar-refractivity contribution < 1.29 is 43.8 Å². The highest BCUT2D eigenvalue weighted by atomic mass is 31.2. The summed E-state index contributed by atoms with van der Waals surface area (Å²) in [6, 6.07) is 0. The minimum absolute atomic E-state index is 0.257. The van der Waals surface area contributed by atoms with Crippen molar-refractivity contribution in [3.63, 3.8) is 0 Å². The average molecular weight is 416 g/mol. The molecule has 0 rings (SSSR count). The summed E-state index contributed by atoms with van der Waals surface area (Å²) in [5, 5.41) is 12.6. The Kier molecular flexibility index (Phi) is 19.2. The van der Waals surface area contributed by atoms with Crippen molar-refractivity contribution in [3.8, 4) is 0 Å². The Morgan fingerprint density at radius 1 is 0.741 bits per heavy atom. The lowest BCUT2D eigenvalue weighted by atomic mass is 10.1. The van der Waals surface area contributed by atoms with Crippen molar-refractivity contribution >= 4 is 7.82 Å². The molecule has 164 valence electrons. The molecule has 1 atom stereocenters. The molecule has 0 amide bonds. The molecule has 9 nitrogen and oxygen atoms in total. The highest BCUT2D eigenvalue weighted by Gasteiger charge is 2.19. The molecule has 0 aliphatic heterocycles. The molecule has 0 heterocycles. The van der Waals surface area contributed by atoms with Gasteiger partial charge in [0.1, 0.15) is 6.61 Å². The number of hydrogen-bond donors (Lipinski definition) is 2. The van der Waals surface area contributed by atoms with E-state index in [1.54, 1.807) is 0 Å². The minimum atomic E-state index is -4.55. The zero-order chi connectivity index (χ0) is 20.2. The van der Waals surface area contributed by atoms with E-state index in [0.717, 1.165) is 12.8 Å². The molecule has 0 radical (unpaired) electrons. The molecule has 0 aliphatic carbocycles. The molecule has 10 heteroatoms. The van der Waals surface area contributed by atoms with Crippen LogP contribution in [0, 0.1) is 0 Å². The number of phosphoric ester groups is 1. The van der Waals surface area contributed by atoms with Crippen LogP contribution >= 0.6 is 7.82 Å².